The average Bonchev–Trinajstić information content (AvgIpc) is 2.55. The van der Waals surface area contributed by atoms with Crippen LogP contribution in [0.4, 0.5) is 17.8 Å². The molecule has 0 spiro atoms. The third kappa shape index (κ3) is 3.33. The van der Waals surface area contributed by atoms with Gasteiger partial charge >= 0.3 is 0 Å². The smallest absolute Gasteiger partial charge is 0.232 e. The molecule has 0 bridgehead atoms. The van der Waals surface area contributed by atoms with Gasteiger partial charge in [-0.25, -0.2) is 0 Å². The van der Waals surface area contributed by atoms with E-state index in [9.17, 15) is 0 Å². The fraction of sp³-hybridized carbons (Fsp3) is 0.786. The Bertz CT molecular complexity index is 477. The van der Waals surface area contributed by atoms with Crippen molar-refractivity contribution in [1.82, 2.24) is 15.0 Å². The average molecular weight is 308 g/mol. The van der Waals surface area contributed by atoms with Gasteiger partial charge in [-0.05, 0) is 26.2 Å². The molecule has 0 amide bonds. The van der Waals surface area contributed by atoms with Gasteiger partial charge in [0.1, 0.15) is 0 Å². The molecular weight excluding hydrogens is 284 g/mol. The highest BCUT2D eigenvalue weighted by atomic mass is 32.2. The number of nitrogens with zero attached hydrogens (tertiary/aromatic N) is 5. The maximum absolute atomic E-state index is 4.76. The van der Waals surface area contributed by atoms with Crippen LogP contribution in [0.2, 0.25) is 0 Å². The van der Waals surface area contributed by atoms with Crippen LogP contribution in [-0.4, -0.2) is 59.2 Å². The van der Waals surface area contributed by atoms with Gasteiger partial charge in [0.2, 0.25) is 17.8 Å². The molecule has 3 rings (SSSR count). The summed E-state index contributed by atoms with van der Waals surface area (Å²) in [4.78, 5) is 18.5. The molecule has 0 radical (unpaired) electrons. The first-order valence-corrected chi connectivity index (χ1v) is 8.96. The van der Waals surface area contributed by atoms with Crippen molar-refractivity contribution in [2.75, 3.05) is 53.3 Å². The van der Waals surface area contributed by atoms with Gasteiger partial charge in [0.05, 0.1) is 0 Å². The predicted molar refractivity (Wildman–Crippen MR) is 89.6 cm³/mol. The van der Waals surface area contributed by atoms with E-state index < -0.39 is 0 Å². The first-order valence-electron chi connectivity index (χ1n) is 7.81. The molecule has 6 nitrogen and oxygen atoms in total. The summed E-state index contributed by atoms with van der Waals surface area (Å²) in [6.07, 6.45) is 3.77. The summed E-state index contributed by atoms with van der Waals surface area (Å²) in [5.74, 6) is 4.60. The van der Waals surface area contributed by atoms with Gasteiger partial charge in [0.15, 0.2) is 0 Å². The molecule has 3 heterocycles. The van der Waals surface area contributed by atoms with Gasteiger partial charge in [-0.15, -0.1) is 0 Å². The summed E-state index contributed by atoms with van der Waals surface area (Å²) >= 11 is 2.00. The molecule has 0 aromatic carbocycles. The third-order valence-electron chi connectivity index (χ3n) is 4.10. The first kappa shape index (κ1) is 14.7. The molecule has 1 aromatic heterocycles. The Morgan fingerprint density at radius 2 is 1.81 bits per heavy atom. The van der Waals surface area contributed by atoms with Gasteiger partial charge in [-0.1, -0.05) is 0 Å². The van der Waals surface area contributed by atoms with Gasteiger partial charge in [-0.2, -0.15) is 26.7 Å². The maximum Gasteiger partial charge on any atom is 0.232 e. The fourth-order valence-corrected chi connectivity index (χ4v) is 3.87. The van der Waals surface area contributed by atoms with Crippen LogP contribution in [0, 0.1) is 0 Å². The zero-order chi connectivity index (χ0) is 14.7. The van der Waals surface area contributed by atoms with E-state index in [0.717, 1.165) is 43.0 Å². The Morgan fingerprint density at radius 3 is 2.52 bits per heavy atom. The number of hydrogen-bond acceptors (Lipinski definition) is 7. The Hall–Kier alpha value is -1.24. The second-order valence-corrected chi connectivity index (χ2v) is 6.82. The fourth-order valence-electron chi connectivity index (χ4n) is 2.85. The summed E-state index contributed by atoms with van der Waals surface area (Å²) < 4.78 is 0. The first-order chi connectivity index (χ1) is 10.3. The lowest BCUT2D eigenvalue weighted by Crippen LogP contribution is -2.42. The quantitative estimate of drug-likeness (QED) is 0.914. The molecule has 2 saturated heterocycles. The van der Waals surface area contributed by atoms with E-state index in [1.54, 1.807) is 0 Å². The van der Waals surface area contributed by atoms with Crippen LogP contribution < -0.4 is 15.1 Å². The summed E-state index contributed by atoms with van der Waals surface area (Å²) in [6, 6.07) is 0.477. The van der Waals surface area contributed by atoms with E-state index in [1.165, 1.54) is 19.3 Å². The van der Waals surface area contributed by atoms with Crippen LogP contribution in [0.1, 0.15) is 26.2 Å². The molecule has 2 fully saturated rings. The number of piperidine rings is 1. The van der Waals surface area contributed by atoms with Crippen molar-refractivity contribution < 1.29 is 0 Å². The minimum absolute atomic E-state index is 0.477. The normalized spacial score (nSPS) is 23.2. The third-order valence-corrected chi connectivity index (χ3v) is 5.29. The van der Waals surface area contributed by atoms with Crippen LogP contribution >= 0.6 is 11.8 Å². The molecule has 1 atom stereocenters. The summed E-state index contributed by atoms with van der Waals surface area (Å²) in [5, 5.41) is 3.08. The molecule has 7 heteroatoms. The van der Waals surface area contributed by atoms with Crippen LogP contribution in [0.25, 0.3) is 0 Å². The minimum Gasteiger partial charge on any atom is -0.357 e. The second kappa shape index (κ2) is 6.68. The zero-order valence-electron chi connectivity index (χ0n) is 12.9. The number of anilines is 3. The molecule has 1 N–H and O–H groups in total. The van der Waals surface area contributed by atoms with E-state index in [4.69, 9.17) is 4.98 Å². The lowest BCUT2D eigenvalue weighted by atomic mass is 10.1. The number of thioether (sulfide) groups is 1. The maximum atomic E-state index is 4.76. The van der Waals surface area contributed by atoms with Crippen LogP contribution in [-0.2, 0) is 0 Å². The molecule has 1 unspecified atom stereocenters. The molecule has 2 aliphatic heterocycles. The number of hydrogen-bond donors (Lipinski definition) is 1. The van der Waals surface area contributed by atoms with Crippen LogP contribution in [0.5, 0.6) is 0 Å². The molecule has 1 aromatic rings. The van der Waals surface area contributed by atoms with Crippen LogP contribution in [0.15, 0.2) is 0 Å². The predicted octanol–water partition coefficient (Wildman–Crippen LogP) is 1.85. The molecule has 116 valence electrons. The summed E-state index contributed by atoms with van der Waals surface area (Å²) in [6.45, 7) is 5.37. The number of aromatic nitrogens is 3. The Labute approximate surface area is 130 Å². The van der Waals surface area contributed by atoms with Crippen molar-refractivity contribution >= 4 is 29.6 Å². The Balaban J connectivity index is 1.88. The summed E-state index contributed by atoms with van der Waals surface area (Å²) in [5.41, 5.74) is 0. The molecule has 2 aliphatic rings. The highest BCUT2D eigenvalue weighted by molar-refractivity contribution is 7.99. The van der Waals surface area contributed by atoms with Gasteiger partial charge in [0, 0.05) is 44.2 Å². The van der Waals surface area contributed by atoms with Crippen LogP contribution in [0.3, 0.4) is 0 Å². The van der Waals surface area contributed by atoms with Crippen molar-refractivity contribution in [1.29, 1.82) is 0 Å². The van der Waals surface area contributed by atoms with Gasteiger partial charge in [0.25, 0.3) is 0 Å². The van der Waals surface area contributed by atoms with Gasteiger partial charge in [-0.3, -0.25) is 0 Å². The number of nitrogens with one attached hydrogen (secondary N) is 1. The molecule has 21 heavy (non-hydrogen) atoms. The molecule has 0 aliphatic carbocycles. The Kier molecular flexibility index (Phi) is 4.67. The molecular formula is C14H24N6S. The van der Waals surface area contributed by atoms with E-state index in [-0.39, 0.29) is 0 Å². The van der Waals surface area contributed by atoms with E-state index >= 15 is 0 Å². The van der Waals surface area contributed by atoms with Crippen molar-refractivity contribution in [3.63, 3.8) is 0 Å². The van der Waals surface area contributed by atoms with Gasteiger partial charge < -0.3 is 15.1 Å². The van der Waals surface area contributed by atoms with E-state index in [0.29, 0.717) is 12.0 Å². The van der Waals surface area contributed by atoms with E-state index in [1.807, 2.05) is 18.8 Å². The SMILES string of the molecule is CNc1nc(N2CCCCC2)nc(N2CCSCC2C)n1. The van der Waals surface area contributed by atoms with Crippen molar-refractivity contribution in [2.24, 2.45) is 0 Å². The largest absolute Gasteiger partial charge is 0.357 e. The Morgan fingerprint density at radius 1 is 1.05 bits per heavy atom. The van der Waals surface area contributed by atoms with Crippen molar-refractivity contribution in [3.05, 3.63) is 0 Å². The zero-order valence-corrected chi connectivity index (χ0v) is 13.7. The topological polar surface area (TPSA) is 57.2 Å². The minimum atomic E-state index is 0.477. The highest BCUT2D eigenvalue weighted by Crippen LogP contribution is 2.24. The molecule has 0 saturated carbocycles. The van der Waals surface area contributed by atoms with Crippen molar-refractivity contribution in [3.8, 4) is 0 Å². The summed E-state index contributed by atoms with van der Waals surface area (Å²) in [7, 11) is 1.87. The lowest BCUT2D eigenvalue weighted by Gasteiger charge is -2.34. The van der Waals surface area contributed by atoms with Crippen molar-refractivity contribution in [2.45, 2.75) is 32.2 Å². The highest BCUT2D eigenvalue weighted by Gasteiger charge is 2.24. The standard InChI is InChI=1S/C14H24N6S/c1-11-10-21-9-8-20(11)14-17-12(15-2)16-13(18-14)19-6-4-3-5-7-19/h11H,3-10H2,1-2H3,(H,15,16,17,18). The second-order valence-electron chi connectivity index (χ2n) is 5.67. The van der Waals surface area contributed by atoms with E-state index in [2.05, 4.69) is 32.0 Å². The monoisotopic (exact) mass is 308 g/mol. The number of rotatable bonds is 3. The lowest BCUT2D eigenvalue weighted by molar-refractivity contribution is 0.566.